The number of hydrogen-bond donors (Lipinski definition) is 2. The molecule has 0 unspecified atom stereocenters. The van der Waals surface area contributed by atoms with Crippen molar-refractivity contribution in [1.82, 2.24) is 4.90 Å². The first-order chi connectivity index (χ1) is 20.3. The van der Waals surface area contributed by atoms with Gasteiger partial charge in [-0.3, -0.25) is 19.2 Å². The van der Waals surface area contributed by atoms with Crippen molar-refractivity contribution < 1.29 is 23.6 Å². The highest BCUT2D eigenvalue weighted by Crippen LogP contribution is 2.31. The van der Waals surface area contributed by atoms with Gasteiger partial charge in [0, 0.05) is 63.4 Å². The number of benzene rings is 2. The second-order valence-corrected chi connectivity index (χ2v) is 10.8. The Morgan fingerprint density at radius 2 is 1.60 bits per heavy atom. The van der Waals surface area contributed by atoms with Crippen LogP contribution in [0.15, 0.2) is 59.0 Å². The van der Waals surface area contributed by atoms with Crippen LogP contribution in [0.1, 0.15) is 69.1 Å². The third-order valence-corrected chi connectivity index (χ3v) is 7.97. The van der Waals surface area contributed by atoms with E-state index in [2.05, 4.69) is 34.2 Å². The molecule has 42 heavy (non-hydrogen) atoms. The molecule has 0 atom stereocenters. The second-order valence-electron chi connectivity index (χ2n) is 10.8. The summed E-state index contributed by atoms with van der Waals surface area (Å²) in [5.41, 5.74) is 9.52. The zero-order chi connectivity index (χ0) is 29.6. The molecule has 0 radical (unpaired) electrons. The van der Waals surface area contributed by atoms with Crippen LogP contribution in [0, 0.1) is 6.92 Å². The fraction of sp³-hybridized carbons (Fsp3) is 0.375. The predicted molar refractivity (Wildman–Crippen MR) is 161 cm³/mol. The Bertz CT molecular complexity index is 1470. The zero-order valence-corrected chi connectivity index (χ0v) is 23.9. The van der Waals surface area contributed by atoms with Gasteiger partial charge in [0.1, 0.15) is 0 Å². The molecule has 3 heterocycles. The van der Waals surface area contributed by atoms with Gasteiger partial charge in [0.25, 0.3) is 11.8 Å². The number of piperazine rings is 1. The van der Waals surface area contributed by atoms with Crippen LogP contribution in [0.2, 0.25) is 0 Å². The maximum atomic E-state index is 13.1. The minimum absolute atomic E-state index is 0.0248. The van der Waals surface area contributed by atoms with Crippen molar-refractivity contribution in [1.29, 1.82) is 0 Å². The lowest BCUT2D eigenvalue weighted by Gasteiger charge is -2.38. The lowest BCUT2D eigenvalue weighted by Crippen LogP contribution is -2.47. The van der Waals surface area contributed by atoms with Crippen molar-refractivity contribution in [3.8, 4) is 0 Å². The van der Waals surface area contributed by atoms with Crippen LogP contribution in [-0.2, 0) is 4.79 Å². The topological polar surface area (TPSA) is 129 Å². The molecule has 2 fully saturated rings. The lowest BCUT2D eigenvalue weighted by molar-refractivity contribution is -0.127. The molecular weight excluding hydrogens is 534 g/mol. The monoisotopic (exact) mass is 571 g/mol. The van der Waals surface area contributed by atoms with Gasteiger partial charge in [-0.2, -0.15) is 0 Å². The minimum Gasteiger partial charge on any atom is -0.446 e. The fourth-order valence-corrected chi connectivity index (χ4v) is 5.64. The molecule has 3 aromatic rings. The van der Waals surface area contributed by atoms with E-state index in [-0.39, 0.29) is 23.2 Å². The molecule has 2 aliphatic rings. The number of ketones is 1. The van der Waals surface area contributed by atoms with Crippen molar-refractivity contribution in [2.24, 2.45) is 5.73 Å². The van der Waals surface area contributed by atoms with Crippen LogP contribution < -0.4 is 20.9 Å². The van der Waals surface area contributed by atoms with Crippen LogP contribution >= 0.6 is 0 Å². The average molecular weight is 572 g/mol. The van der Waals surface area contributed by atoms with E-state index in [4.69, 9.17) is 10.2 Å². The molecule has 220 valence electrons. The molecule has 2 saturated heterocycles. The standard InChI is InChI=1S/C32H37N5O5/c1-22-7-2-3-8-25(22)35-17-19-36(20-18-35)26-12-11-23(27(38)9-4-5-15-37-16-6-10-30(37)39)21-24(26)34-32(41)29-14-13-28(42-29)31(33)40/h2-3,7-8,11-14,21H,4-6,9-10,15-20H2,1H3,(H2,33,40)(H,34,41). The number of nitrogens with two attached hydrogens (primary N) is 1. The first kappa shape index (κ1) is 28.9. The normalized spacial score (nSPS) is 15.3. The van der Waals surface area contributed by atoms with Crippen LogP contribution in [-0.4, -0.2) is 67.7 Å². The van der Waals surface area contributed by atoms with Gasteiger partial charge >= 0.3 is 0 Å². The van der Waals surface area contributed by atoms with Gasteiger partial charge in [0.2, 0.25) is 5.91 Å². The largest absolute Gasteiger partial charge is 0.446 e. The number of nitrogens with one attached hydrogen (secondary N) is 1. The molecule has 10 nitrogen and oxygen atoms in total. The van der Waals surface area contributed by atoms with Gasteiger partial charge in [0.05, 0.1) is 11.4 Å². The maximum Gasteiger partial charge on any atom is 0.291 e. The van der Waals surface area contributed by atoms with E-state index in [1.807, 2.05) is 29.2 Å². The molecule has 0 saturated carbocycles. The molecule has 3 amide bonds. The number of likely N-dealkylation sites (tertiary alicyclic amines) is 1. The average Bonchev–Trinajstić information content (AvgIpc) is 3.65. The Morgan fingerprint density at radius 1 is 0.881 bits per heavy atom. The molecule has 5 rings (SSSR count). The number of unbranched alkanes of at least 4 members (excludes halogenated alkanes) is 1. The third-order valence-electron chi connectivity index (χ3n) is 7.97. The number of hydrogen-bond acceptors (Lipinski definition) is 7. The Hall–Kier alpha value is -4.60. The maximum absolute atomic E-state index is 13.1. The Labute approximate surface area is 245 Å². The first-order valence-corrected chi connectivity index (χ1v) is 14.5. The number of carbonyl (C=O) groups excluding carboxylic acids is 4. The molecule has 10 heteroatoms. The zero-order valence-electron chi connectivity index (χ0n) is 23.9. The first-order valence-electron chi connectivity index (χ1n) is 14.5. The fourth-order valence-electron chi connectivity index (χ4n) is 5.64. The highest BCUT2D eigenvalue weighted by atomic mass is 16.4. The van der Waals surface area contributed by atoms with Crippen LogP contribution in [0.5, 0.6) is 0 Å². The Balaban J connectivity index is 1.30. The highest BCUT2D eigenvalue weighted by molar-refractivity contribution is 6.06. The number of furan rings is 1. The van der Waals surface area contributed by atoms with Crippen molar-refractivity contribution in [2.45, 2.75) is 39.0 Å². The van der Waals surface area contributed by atoms with Gasteiger partial charge in [0.15, 0.2) is 17.3 Å². The number of nitrogens with zero attached hydrogens (tertiary/aromatic N) is 3. The number of Topliss-reactive ketones (excluding diaryl/α,β-unsaturated/α-hetero) is 1. The van der Waals surface area contributed by atoms with Gasteiger partial charge in [-0.05, 0) is 68.1 Å². The Morgan fingerprint density at radius 3 is 2.26 bits per heavy atom. The second kappa shape index (κ2) is 12.9. The van der Waals surface area contributed by atoms with E-state index < -0.39 is 11.8 Å². The summed E-state index contributed by atoms with van der Waals surface area (Å²) >= 11 is 0. The summed E-state index contributed by atoms with van der Waals surface area (Å²) in [4.78, 5) is 55.9. The highest BCUT2D eigenvalue weighted by Gasteiger charge is 2.24. The molecule has 2 aromatic carbocycles. The number of amides is 3. The summed E-state index contributed by atoms with van der Waals surface area (Å²) in [5.74, 6) is -1.29. The van der Waals surface area contributed by atoms with Crippen LogP contribution in [0.25, 0.3) is 0 Å². The quantitative estimate of drug-likeness (QED) is 0.260. The van der Waals surface area contributed by atoms with Gasteiger partial charge in [-0.25, -0.2) is 0 Å². The van der Waals surface area contributed by atoms with Crippen molar-refractivity contribution in [2.75, 3.05) is 54.4 Å². The number of aryl methyl sites for hydroxylation is 1. The van der Waals surface area contributed by atoms with Gasteiger partial charge in [-0.1, -0.05) is 18.2 Å². The van der Waals surface area contributed by atoms with Crippen molar-refractivity contribution in [3.05, 3.63) is 77.2 Å². The molecule has 0 bridgehead atoms. The van der Waals surface area contributed by atoms with E-state index >= 15 is 0 Å². The molecule has 2 aliphatic heterocycles. The number of primary amides is 1. The third kappa shape index (κ3) is 6.64. The van der Waals surface area contributed by atoms with Gasteiger partial charge < -0.3 is 30.2 Å². The van der Waals surface area contributed by atoms with E-state index in [1.54, 1.807) is 6.07 Å². The summed E-state index contributed by atoms with van der Waals surface area (Å²) in [6, 6.07) is 16.5. The van der Waals surface area contributed by atoms with E-state index in [9.17, 15) is 19.2 Å². The molecule has 1 aromatic heterocycles. The van der Waals surface area contributed by atoms with E-state index in [0.29, 0.717) is 37.1 Å². The molecule has 3 N–H and O–H groups in total. The number of para-hydroxylation sites is 1. The molecular formula is C32H37N5O5. The summed E-state index contributed by atoms with van der Waals surface area (Å²) in [7, 11) is 0. The smallest absolute Gasteiger partial charge is 0.291 e. The summed E-state index contributed by atoms with van der Waals surface area (Å²) in [6.07, 6.45) is 3.31. The summed E-state index contributed by atoms with van der Waals surface area (Å²) in [6.45, 7) is 6.65. The predicted octanol–water partition coefficient (Wildman–Crippen LogP) is 4.24. The summed E-state index contributed by atoms with van der Waals surface area (Å²) < 4.78 is 5.33. The number of rotatable bonds is 11. The number of anilines is 3. The van der Waals surface area contributed by atoms with Crippen LogP contribution in [0.3, 0.4) is 0 Å². The molecule has 0 spiro atoms. The van der Waals surface area contributed by atoms with Crippen molar-refractivity contribution in [3.63, 3.8) is 0 Å². The SMILES string of the molecule is Cc1ccccc1N1CCN(c2ccc(C(=O)CCCCN3CCCC3=O)cc2NC(=O)c2ccc(C(N)=O)o2)CC1. The van der Waals surface area contributed by atoms with Crippen LogP contribution in [0.4, 0.5) is 17.1 Å². The summed E-state index contributed by atoms with van der Waals surface area (Å²) in [5, 5.41) is 2.90. The van der Waals surface area contributed by atoms with E-state index in [1.165, 1.54) is 23.4 Å². The lowest BCUT2D eigenvalue weighted by atomic mass is 10.0. The minimum atomic E-state index is -0.761. The molecule has 0 aliphatic carbocycles. The van der Waals surface area contributed by atoms with E-state index in [0.717, 1.165) is 51.3 Å². The Kier molecular flexibility index (Phi) is 8.90. The number of carbonyl (C=O) groups is 4. The van der Waals surface area contributed by atoms with Gasteiger partial charge in [-0.15, -0.1) is 0 Å². The van der Waals surface area contributed by atoms with Crippen molar-refractivity contribution >= 4 is 40.6 Å².